The number of rotatable bonds is 7. The molecule has 4 N–H and O–H groups in total. The maximum absolute atomic E-state index is 12.3. The van der Waals surface area contributed by atoms with Crippen molar-refractivity contribution < 1.29 is 14.4 Å². The highest BCUT2D eigenvalue weighted by Crippen LogP contribution is 2.23. The summed E-state index contributed by atoms with van der Waals surface area (Å²) in [5.41, 5.74) is 5.78. The van der Waals surface area contributed by atoms with Gasteiger partial charge in [0, 0.05) is 32.2 Å². The van der Waals surface area contributed by atoms with Crippen molar-refractivity contribution >= 4 is 17.7 Å². The fraction of sp³-hybridized carbons (Fsp3) is 0.850. The molecule has 28 heavy (non-hydrogen) atoms. The maximum Gasteiger partial charge on any atom is 0.242 e. The normalized spacial score (nSPS) is 24.7. The molecule has 0 radical (unpaired) electrons. The Balaban J connectivity index is 1.64. The third kappa shape index (κ3) is 7.05. The summed E-state index contributed by atoms with van der Waals surface area (Å²) in [5.74, 6) is 0.473. The van der Waals surface area contributed by atoms with Crippen LogP contribution in [-0.2, 0) is 14.4 Å². The van der Waals surface area contributed by atoms with Crippen molar-refractivity contribution in [2.75, 3.05) is 39.3 Å². The van der Waals surface area contributed by atoms with E-state index >= 15 is 0 Å². The van der Waals surface area contributed by atoms with Crippen molar-refractivity contribution in [2.45, 2.75) is 58.5 Å². The Bertz CT molecular complexity index is 538. The highest BCUT2D eigenvalue weighted by molar-refractivity contribution is 5.87. The average molecular weight is 396 g/mol. The predicted octanol–water partition coefficient (Wildman–Crippen LogP) is -0.0750. The van der Waals surface area contributed by atoms with Crippen molar-refractivity contribution in [3.05, 3.63) is 0 Å². The van der Waals surface area contributed by atoms with Crippen LogP contribution in [0.3, 0.4) is 0 Å². The van der Waals surface area contributed by atoms with E-state index in [1.165, 1.54) is 12.8 Å². The van der Waals surface area contributed by atoms with Gasteiger partial charge < -0.3 is 21.3 Å². The first-order valence-electron chi connectivity index (χ1n) is 10.6. The Hall–Kier alpha value is -1.67. The number of hydrogen-bond acceptors (Lipinski definition) is 5. The minimum atomic E-state index is -0.601. The SMILES string of the molecule is CC1CCC(NC(=O)CN2CCN(C(=O)CNC(=O)[C@@H](N)C(C)C)CC2)CC1. The highest BCUT2D eigenvalue weighted by Gasteiger charge is 2.25. The van der Waals surface area contributed by atoms with Crippen molar-refractivity contribution in [3.63, 3.8) is 0 Å². The molecule has 3 amide bonds. The molecule has 8 nitrogen and oxygen atoms in total. The molecule has 0 unspecified atom stereocenters. The summed E-state index contributed by atoms with van der Waals surface area (Å²) in [6.45, 7) is 8.84. The van der Waals surface area contributed by atoms with E-state index in [2.05, 4.69) is 22.5 Å². The zero-order valence-electron chi connectivity index (χ0n) is 17.6. The molecule has 2 aliphatic rings. The quantitative estimate of drug-likeness (QED) is 0.559. The van der Waals surface area contributed by atoms with Gasteiger partial charge in [0.15, 0.2) is 0 Å². The summed E-state index contributed by atoms with van der Waals surface area (Å²) in [7, 11) is 0. The van der Waals surface area contributed by atoms with Crippen LogP contribution in [0.4, 0.5) is 0 Å². The summed E-state index contributed by atoms with van der Waals surface area (Å²) in [5, 5.41) is 5.77. The van der Waals surface area contributed by atoms with Gasteiger partial charge in [-0.2, -0.15) is 0 Å². The molecule has 0 spiro atoms. The van der Waals surface area contributed by atoms with Gasteiger partial charge in [-0.15, -0.1) is 0 Å². The molecular weight excluding hydrogens is 358 g/mol. The van der Waals surface area contributed by atoms with Crippen LogP contribution in [-0.4, -0.2) is 78.9 Å². The van der Waals surface area contributed by atoms with Gasteiger partial charge in [0.2, 0.25) is 17.7 Å². The Morgan fingerprint density at radius 1 is 1.04 bits per heavy atom. The molecule has 1 heterocycles. The molecule has 1 aliphatic heterocycles. The summed E-state index contributed by atoms with van der Waals surface area (Å²) < 4.78 is 0. The minimum absolute atomic E-state index is 0.0279. The lowest BCUT2D eigenvalue weighted by Crippen LogP contribution is -2.54. The summed E-state index contributed by atoms with van der Waals surface area (Å²) in [6, 6.07) is -0.289. The standard InChI is InChI=1S/C20H37N5O3/c1-14(2)19(21)20(28)22-12-18(27)25-10-8-24(9-11-25)13-17(26)23-16-6-4-15(3)5-7-16/h14-16,19H,4-13,21H2,1-3H3,(H,22,28)(H,23,26)/t15?,16?,19-/m0/s1. The number of nitrogens with zero attached hydrogens (tertiary/aromatic N) is 2. The summed E-state index contributed by atoms with van der Waals surface area (Å²) >= 11 is 0. The zero-order valence-corrected chi connectivity index (χ0v) is 17.6. The number of nitrogens with one attached hydrogen (secondary N) is 2. The van der Waals surface area contributed by atoms with E-state index in [4.69, 9.17) is 5.73 Å². The second-order valence-electron chi connectivity index (χ2n) is 8.67. The first-order valence-corrected chi connectivity index (χ1v) is 10.6. The van der Waals surface area contributed by atoms with Gasteiger partial charge in [0.05, 0.1) is 19.1 Å². The van der Waals surface area contributed by atoms with Crippen LogP contribution < -0.4 is 16.4 Å². The van der Waals surface area contributed by atoms with Gasteiger partial charge in [-0.3, -0.25) is 19.3 Å². The molecule has 1 atom stereocenters. The van der Waals surface area contributed by atoms with E-state index in [0.29, 0.717) is 38.8 Å². The van der Waals surface area contributed by atoms with E-state index in [1.54, 1.807) is 4.90 Å². The van der Waals surface area contributed by atoms with Gasteiger partial charge in [-0.05, 0) is 37.5 Å². The van der Waals surface area contributed by atoms with Crippen LogP contribution in [0.2, 0.25) is 0 Å². The second kappa shape index (κ2) is 10.8. The molecule has 2 fully saturated rings. The Labute approximate surface area is 168 Å². The molecule has 2 rings (SSSR count). The third-order valence-electron chi connectivity index (χ3n) is 5.91. The van der Waals surface area contributed by atoms with E-state index < -0.39 is 6.04 Å². The zero-order chi connectivity index (χ0) is 20.7. The van der Waals surface area contributed by atoms with Crippen LogP contribution in [0.1, 0.15) is 46.5 Å². The van der Waals surface area contributed by atoms with Crippen molar-refractivity contribution in [1.29, 1.82) is 0 Å². The summed E-state index contributed by atoms with van der Waals surface area (Å²) in [4.78, 5) is 40.2. The number of piperazine rings is 1. The van der Waals surface area contributed by atoms with Gasteiger partial charge in [-0.25, -0.2) is 0 Å². The number of carbonyl (C=O) groups is 3. The van der Waals surface area contributed by atoms with Crippen LogP contribution in [0, 0.1) is 11.8 Å². The number of amides is 3. The Morgan fingerprint density at radius 2 is 1.64 bits per heavy atom. The average Bonchev–Trinajstić information content (AvgIpc) is 2.67. The van der Waals surface area contributed by atoms with Crippen molar-refractivity contribution in [3.8, 4) is 0 Å². The lowest BCUT2D eigenvalue weighted by atomic mass is 9.87. The van der Waals surface area contributed by atoms with Crippen LogP contribution in [0.5, 0.6) is 0 Å². The lowest BCUT2D eigenvalue weighted by molar-refractivity contribution is -0.135. The minimum Gasteiger partial charge on any atom is -0.352 e. The van der Waals surface area contributed by atoms with E-state index in [1.807, 2.05) is 13.8 Å². The smallest absolute Gasteiger partial charge is 0.242 e. The molecule has 0 aromatic rings. The molecule has 160 valence electrons. The van der Waals surface area contributed by atoms with Crippen LogP contribution >= 0.6 is 0 Å². The van der Waals surface area contributed by atoms with Gasteiger partial charge in [-0.1, -0.05) is 20.8 Å². The number of hydrogen-bond donors (Lipinski definition) is 3. The first kappa shape index (κ1) is 22.6. The van der Waals surface area contributed by atoms with Gasteiger partial charge in [0.25, 0.3) is 0 Å². The van der Waals surface area contributed by atoms with Crippen LogP contribution in [0.25, 0.3) is 0 Å². The molecule has 0 bridgehead atoms. The molecule has 0 aromatic heterocycles. The van der Waals surface area contributed by atoms with Gasteiger partial charge in [0.1, 0.15) is 0 Å². The highest BCUT2D eigenvalue weighted by atomic mass is 16.2. The van der Waals surface area contributed by atoms with E-state index in [0.717, 1.165) is 18.8 Å². The molecule has 0 aromatic carbocycles. The molecule has 1 saturated heterocycles. The van der Waals surface area contributed by atoms with Crippen molar-refractivity contribution in [2.24, 2.45) is 17.6 Å². The third-order valence-corrected chi connectivity index (χ3v) is 5.91. The lowest BCUT2D eigenvalue weighted by Gasteiger charge is -2.35. The predicted molar refractivity (Wildman–Crippen MR) is 108 cm³/mol. The molecule has 1 saturated carbocycles. The Morgan fingerprint density at radius 3 is 2.21 bits per heavy atom. The molecular formula is C20H37N5O3. The second-order valence-corrected chi connectivity index (χ2v) is 8.67. The van der Waals surface area contributed by atoms with E-state index in [-0.39, 0.29) is 30.2 Å². The molecule has 8 heteroatoms. The topological polar surface area (TPSA) is 108 Å². The maximum atomic E-state index is 12.3. The number of carbonyl (C=O) groups excluding carboxylic acids is 3. The van der Waals surface area contributed by atoms with Gasteiger partial charge >= 0.3 is 0 Å². The molecule has 1 aliphatic carbocycles. The van der Waals surface area contributed by atoms with E-state index in [9.17, 15) is 14.4 Å². The fourth-order valence-corrected chi connectivity index (χ4v) is 3.73. The first-order chi connectivity index (χ1) is 13.3. The number of nitrogens with two attached hydrogens (primary N) is 1. The summed E-state index contributed by atoms with van der Waals surface area (Å²) in [6.07, 6.45) is 4.51. The fourth-order valence-electron chi connectivity index (χ4n) is 3.73. The Kier molecular flexibility index (Phi) is 8.69. The van der Waals surface area contributed by atoms with Crippen molar-refractivity contribution in [1.82, 2.24) is 20.4 Å². The van der Waals surface area contributed by atoms with Crippen LogP contribution in [0.15, 0.2) is 0 Å². The monoisotopic (exact) mass is 395 g/mol. The largest absolute Gasteiger partial charge is 0.352 e.